The van der Waals surface area contributed by atoms with Crippen molar-refractivity contribution in [2.45, 2.75) is 41.5 Å². The highest BCUT2D eigenvalue weighted by molar-refractivity contribution is 5.68. The Bertz CT molecular complexity index is 89.2. The molecule has 0 spiro atoms. The molecule has 0 aromatic rings. The predicted molar refractivity (Wildman–Crippen MR) is 53.2 cm³/mol. The zero-order valence-corrected chi connectivity index (χ0v) is 9.14. The Balaban J connectivity index is -0.000000112. The van der Waals surface area contributed by atoms with Crippen LogP contribution in [0.1, 0.15) is 41.5 Å². The summed E-state index contributed by atoms with van der Waals surface area (Å²) in [6, 6.07) is 0. The molecular weight excluding hydrogens is 154 g/mol. The lowest BCUT2D eigenvalue weighted by Gasteiger charge is -2.05. The maximum absolute atomic E-state index is 9.24. The Morgan fingerprint density at radius 1 is 1.25 bits per heavy atom. The molecule has 3 N–H and O–H groups in total. The van der Waals surface area contributed by atoms with E-state index in [9.17, 15) is 4.79 Å². The van der Waals surface area contributed by atoms with Gasteiger partial charge in [-0.05, 0) is 5.41 Å². The summed E-state index contributed by atoms with van der Waals surface area (Å²) < 4.78 is 0. The van der Waals surface area contributed by atoms with Crippen molar-refractivity contribution in [2.75, 3.05) is 6.54 Å². The topological polar surface area (TPSA) is 63.3 Å². The van der Waals surface area contributed by atoms with Crippen molar-refractivity contribution >= 4 is 5.97 Å². The van der Waals surface area contributed by atoms with Crippen molar-refractivity contribution < 1.29 is 9.90 Å². The Hall–Kier alpha value is -0.570. The number of carboxylic acids is 1. The van der Waals surface area contributed by atoms with Crippen LogP contribution in [0.2, 0.25) is 0 Å². The highest BCUT2D eigenvalue weighted by Crippen LogP contribution is 2.07. The molecule has 3 heteroatoms. The number of hydrogen-bond acceptors (Lipinski definition) is 2. The van der Waals surface area contributed by atoms with Crippen LogP contribution in [0.15, 0.2) is 0 Å². The molecule has 0 unspecified atom stereocenters. The maximum Gasteiger partial charge on any atom is 0.317 e. The van der Waals surface area contributed by atoms with Crippen LogP contribution >= 0.6 is 0 Å². The van der Waals surface area contributed by atoms with Crippen LogP contribution in [0.3, 0.4) is 0 Å². The Labute approximate surface area is 76.0 Å². The molecule has 0 aromatic heterocycles. The van der Waals surface area contributed by atoms with Crippen LogP contribution in [0.4, 0.5) is 0 Å². The average Bonchev–Trinajstić information content (AvgIpc) is 1.89. The summed E-state index contributed by atoms with van der Waals surface area (Å²) >= 11 is 0. The molecule has 3 nitrogen and oxygen atoms in total. The number of hydrogen-bond donors (Lipinski definition) is 2. The van der Waals surface area contributed by atoms with Crippen molar-refractivity contribution in [3.63, 3.8) is 0 Å². The van der Waals surface area contributed by atoms with Crippen LogP contribution in [0.5, 0.6) is 0 Å². The maximum atomic E-state index is 9.24. The zero-order chi connectivity index (χ0) is 10.8. The van der Waals surface area contributed by atoms with Crippen molar-refractivity contribution in [2.24, 2.45) is 11.1 Å². The highest BCUT2D eigenvalue weighted by Gasteiger charge is 1.95. The van der Waals surface area contributed by atoms with Gasteiger partial charge in [0.15, 0.2) is 0 Å². The Kier molecular flexibility index (Phi) is 15.2. The molecular formula is C9H23NO2. The third-order valence-corrected chi connectivity index (χ3v) is 0.175. The van der Waals surface area contributed by atoms with Gasteiger partial charge in [-0.2, -0.15) is 0 Å². The average molecular weight is 177 g/mol. The van der Waals surface area contributed by atoms with Gasteiger partial charge in [-0.25, -0.2) is 0 Å². The summed E-state index contributed by atoms with van der Waals surface area (Å²) in [5.74, 6) is -0.968. The third-order valence-electron chi connectivity index (χ3n) is 0.175. The second-order valence-electron chi connectivity index (χ2n) is 3.60. The van der Waals surface area contributed by atoms with E-state index in [1.165, 1.54) is 0 Å². The number of rotatable bonds is 1. The standard InChI is InChI=1S/C5H12.C2H5NO2.C2H6/c1-5(2,3)4;3-1-2(4)5;1-2/h1-4H3;1,3H2,(H,4,5);1-2H3. The number of carboxylic acid groups (broad SMARTS) is 1. The zero-order valence-electron chi connectivity index (χ0n) is 9.14. The lowest BCUT2D eigenvalue weighted by atomic mass is 10.0. The smallest absolute Gasteiger partial charge is 0.317 e. The highest BCUT2D eigenvalue weighted by atomic mass is 16.4. The van der Waals surface area contributed by atoms with Crippen LogP contribution in [-0.4, -0.2) is 17.6 Å². The van der Waals surface area contributed by atoms with Crippen LogP contribution in [0, 0.1) is 5.41 Å². The molecule has 0 aromatic carbocycles. The van der Waals surface area contributed by atoms with E-state index in [2.05, 4.69) is 33.4 Å². The van der Waals surface area contributed by atoms with Gasteiger partial charge in [0, 0.05) is 0 Å². The van der Waals surface area contributed by atoms with Gasteiger partial charge in [-0.15, -0.1) is 0 Å². The fourth-order valence-corrected chi connectivity index (χ4v) is 0. The normalized spacial score (nSPS) is 8.58. The minimum Gasteiger partial charge on any atom is -0.480 e. The van der Waals surface area contributed by atoms with E-state index in [4.69, 9.17) is 5.11 Å². The van der Waals surface area contributed by atoms with E-state index in [-0.39, 0.29) is 6.54 Å². The summed E-state index contributed by atoms with van der Waals surface area (Å²) in [6.07, 6.45) is 0. The predicted octanol–water partition coefficient (Wildman–Crippen LogP) is 2.11. The summed E-state index contributed by atoms with van der Waals surface area (Å²) in [7, 11) is 0. The van der Waals surface area contributed by atoms with Crippen molar-refractivity contribution in [1.29, 1.82) is 0 Å². The van der Waals surface area contributed by atoms with Crippen LogP contribution in [-0.2, 0) is 4.79 Å². The van der Waals surface area contributed by atoms with Gasteiger partial charge in [0.2, 0.25) is 0 Å². The molecule has 0 fully saturated rings. The number of carbonyl (C=O) groups is 1. The van der Waals surface area contributed by atoms with E-state index in [0.717, 1.165) is 0 Å². The van der Waals surface area contributed by atoms with Crippen molar-refractivity contribution in [1.82, 2.24) is 0 Å². The van der Waals surface area contributed by atoms with Crippen molar-refractivity contribution in [3.05, 3.63) is 0 Å². The fourth-order valence-electron chi connectivity index (χ4n) is 0. The summed E-state index contributed by atoms with van der Waals surface area (Å²) in [5.41, 5.74) is 5.07. The molecule has 0 aliphatic carbocycles. The van der Waals surface area contributed by atoms with E-state index in [1.54, 1.807) is 0 Å². The van der Waals surface area contributed by atoms with Gasteiger partial charge in [0.1, 0.15) is 0 Å². The minimum atomic E-state index is -0.968. The van der Waals surface area contributed by atoms with Gasteiger partial charge >= 0.3 is 5.97 Å². The van der Waals surface area contributed by atoms with Crippen LogP contribution < -0.4 is 5.73 Å². The van der Waals surface area contributed by atoms with Crippen molar-refractivity contribution in [3.8, 4) is 0 Å². The van der Waals surface area contributed by atoms with E-state index < -0.39 is 5.97 Å². The first-order valence-electron chi connectivity index (χ1n) is 4.19. The number of nitrogens with two attached hydrogens (primary N) is 1. The van der Waals surface area contributed by atoms with E-state index in [1.807, 2.05) is 13.8 Å². The third kappa shape index (κ3) is 328. The summed E-state index contributed by atoms with van der Waals surface area (Å²) in [4.78, 5) is 9.24. The monoisotopic (exact) mass is 177 g/mol. The minimum absolute atomic E-state index is 0.278. The first-order valence-corrected chi connectivity index (χ1v) is 4.19. The molecule has 0 saturated carbocycles. The van der Waals surface area contributed by atoms with Gasteiger partial charge in [-0.1, -0.05) is 41.5 Å². The quantitative estimate of drug-likeness (QED) is 0.644. The van der Waals surface area contributed by atoms with Gasteiger partial charge in [0.05, 0.1) is 6.54 Å². The molecule has 12 heavy (non-hydrogen) atoms. The molecule has 0 rings (SSSR count). The second-order valence-corrected chi connectivity index (χ2v) is 3.60. The Morgan fingerprint density at radius 2 is 1.33 bits per heavy atom. The molecule has 0 heterocycles. The first kappa shape index (κ1) is 17.5. The summed E-state index contributed by atoms with van der Waals surface area (Å²) in [6.45, 7) is 12.5. The number of aliphatic carboxylic acids is 1. The van der Waals surface area contributed by atoms with Crippen LogP contribution in [0.25, 0.3) is 0 Å². The fraction of sp³-hybridized carbons (Fsp3) is 0.889. The molecule has 0 radical (unpaired) electrons. The SMILES string of the molecule is CC.CC(C)(C)C.NCC(=O)O. The molecule has 0 bridgehead atoms. The van der Waals surface area contributed by atoms with E-state index >= 15 is 0 Å². The molecule has 0 aliphatic rings. The summed E-state index contributed by atoms with van der Waals surface area (Å²) in [5, 5.41) is 7.60. The van der Waals surface area contributed by atoms with E-state index in [0.29, 0.717) is 5.41 Å². The van der Waals surface area contributed by atoms with Gasteiger partial charge < -0.3 is 10.8 Å². The largest absolute Gasteiger partial charge is 0.480 e. The molecule has 0 atom stereocenters. The molecule has 0 amide bonds. The molecule has 76 valence electrons. The second kappa shape index (κ2) is 10.4. The molecule has 0 saturated heterocycles. The molecule has 0 aliphatic heterocycles. The van der Waals surface area contributed by atoms with Gasteiger partial charge in [0.25, 0.3) is 0 Å². The lowest BCUT2D eigenvalue weighted by molar-refractivity contribution is -0.135. The Morgan fingerprint density at radius 3 is 1.33 bits per heavy atom. The van der Waals surface area contributed by atoms with Gasteiger partial charge in [-0.3, -0.25) is 4.79 Å². The lowest BCUT2D eigenvalue weighted by Crippen LogP contribution is -2.10. The first-order chi connectivity index (χ1) is 5.27.